The zero-order chi connectivity index (χ0) is 12.0. The highest BCUT2D eigenvalue weighted by Gasteiger charge is 2.26. The SMILES string of the molecule is CNC(COC)CN1CCC(C)C(OC)C1. The van der Waals surface area contributed by atoms with Crippen molar-refractivity contribution in [2.75, 3.05) is 47.5 Å². The second kappa shape index (κ2) is 7.22. The Balaban J connectivity index is 2.36. The summed E-state index contributed by atoms with van der Waals surface area (Å²) in [4.78, 5) is 2.47. The number of likely N-dealkylation sites (N-methyl/N-ethyl adjacent to an activating group) is 1. The van der Waals surface area contributed by atoms with Crippen LogP contribution in [-0.2, 0) is 9.47 Å². The molecule has 1 aliphatic rings. The fraction of sp³-hybridized carbons (Fsp3) is 1.00. The van der Waals surface area contributed by atoms with Gasteiger partial charge in [-0.3, -0.25) is 4.90 Å². The molecule has 4 heteroatoms. The van der Waals surface area contributed by atoms with E-state index >= 15 is 0 Å². The van der Waals surface area contributed by atoms with E-state index in [9.17, 15) is 0 Å². The van der Waals surface area contributed by atoms with Gasteiger partial charge in [0, 0.05) is 33.4 Å². The largest absolute Gasteiger partial charge is 0.383 e. The van der Waals surface area contributed by atoms with Crippen LogP contribution in [0.1, 0.15) is 13.3 Å². The van der Waals surface area contributed by atoms with Gasteiger partial charge in [0.1, 0.15) is 0 Å². The lowest BCUT2D eigenvalue weighted by atomic mass is 9.95. The van der Waals surface area contributed by atoms with E-state index in [1.54, 1.807) is 7.11 Å². The Morgan fingerprint density at radius 1 is 1.44 bits per heavy atom. The average molecular weight is 230 g/mol. The van der Waals surface area contributed by atoms with E-state index in [-0.39, 0.29) is 0 Å². The highest BCUT2D eigenvalue weighted by molar-refractivity contribution is 4.81. The lowest BCUT2D eigenvalue weighted by molar-refractivity contribution is -0.00981. The molecule has 0 aromatic carbocycles. The molecule has 0 radical (unpaired) electrons. The Labute approximate surface area is 99.3 Å². The molecule has 0 aromatic heterocycles. The summed E-state index contributed by atoms with van der Waals surface area (Å²) in [7, 11) is 5.56. The minimum atomic E-state index is 0.383. The Morgan fingerprint density at radius 2 is 2.19 bits per heavy atom. The van der Waals surface area contributed by atoms with Crippen molar-refractivity contribution in [1.29, 1.82) is 0 Å². The van der Waals surface area contributed by atoms with Crippen molar-refractivity contribution in [1.82, 2.24) is 10.2 Å². The van der Waals surface area contributed by atoms with Crippen LogP contribution in [0.2, 0.25) is 0 Å². The first-order chi connectivity index (χ1) is 7.71. The first kappa shape index (κ1) is 13.9. The van der Waals surface area contributed by atoms with Crippen LogP contribution in [0.5, 0.6) is 0 Å². The van der Waals surface area contributed by atoms with Crippen molar-refractivity contribution in [2.45, 2.75) is 25.5 Å². The third kappa shape index (κ3) is 4.01. The van der Waals surface area contributed by atoms with Crippen LogP contribution >= 0.6 is 0 Å². The molecule has 16 heavy (non-hydrogen) atoms. The van der Waals surface area contributed by atoms with Gasteiger partial charge in [-0.15, -0.1) is 0 Å². The number of piperidine rings is 1. The minimum Gasteiger partial charge on any atom is -0.383 e. The molecule has 1 N–H and O–H groups in total. The van der Waals surface area contributed by atoms with E-state index in [2.05, 4.69) is 17.1 Å². The molecule has 0 spiro atoms. The van der Waals surface area contributed by atoms with Gasteiger partial charge in [-0.25, -0.2) is 0 Å². The van der Waals surface area contributed by atoms with Crippen molar-refractivity contribution in [3.63, 3.8) is 0 Å². The zero-order valence-electron chi connectivity index (χ0n) is 11.0. The van der Waals surface area contributed by atoms with Crippen LogP contribution in [0.15, 0.2) is 0 Å². The number of nitrogens with zero attached hydrogens (tertiary/aromatic N) is 1. The van der Waals surface area contributed by atoms with Gasteiger partial charge < -0.3 is 14.8 Å². The normalized spacial score (nSPS) is 29.2. The summed E-state index contributed by atoms with van der Waals surface area (Å²) in [6.07, 6.45) is 1.61. The number of hydrogen-bond donors (Lipinski definition) is 1. The molecule has 1 heterocycles. The summed E-state index contributed by atoms with van der Waals surface area (Å²) < 4.78 is 10.7. The smallest absolute Gasteiger partial charge is 0.0724 e. The van der Waals surface area contributed by atoms with Crippen LogP contribution in [0.3, 0.4) is 0 Å². The monoisotopic (exact) mass is 230 g/mol. The van der Waals surface area contributed by atoms with Gasteiger partial charge in [-0.1, -0.05) is 6.92 Å². The molecular formula is C12H26N2O2. The first-order valence-electron chi connectivity index (χ1n) is 6.12. The molecule has 0 aliphatic carbocycles. The van der Waals surface area contributed by atoms with Gasteiger partial charge in [0.05, 0.1) is 12.7 Å². The molecule has 0 aromatic rings. The van der Waals surface area contributed by atoms with Crippen LogP contribution < -0.4 is 5.32 Å². The molecule has 1 aliphatic heterocycles. The van der Waals surface area contributed by atoms with Gasteiger partial charge >= 0.3 is 0 Å². The number of hydrogen-bond acceptors (Lipinski definition) is 4. The fourth-order valence-corrected chi connectivity index (χ4v) is 2.31. The summed E-state index contributed by atoms with van der Waals surface area (Å²) in [5.74, 6) is 0.678. The van der Waals surface area contributed by atoms with E-state index in [0.29, 0.717) is 18.1 Å². The molecule has 0 amide bonds. The van der Waals surface area contributed by atoms with Crippen LogP contribution in [0, 0.1) is 5.92 Å². The maximum Gasteiger partial charge on any atom is 0.0724 e. The Bertz CT molecular complexity index is 190. The highest BCUT2D eigenvalue weighted by atomic mass is 16.5. The first-order valence-corrected chi connectivity index (χ1v) is 6.12. The van der Waals surface area contributed by atoms with Gasteiger partial charge in [0.15, 0.2) is 0 Å². The summed E-state index contributed by atoms with van der Waals surface area (Å²) in [5, 5.41) is 3.29. The van der Waals surface area contributed by atoms with Crippen molar-refractivity contribution in [3.8, 4) is 0 Å². The number of methoxy groups -OCH3 is 2. The Kier molecular flexibility index (Phi) is 6.28. The summed E-state index contributed by atoms with van der Waals surface area (Å²) in [6.45, 7) is 6.29. The maximum atomic E-state index is 5.52. The Hall–Kier alpha value is -0.160. The van der Waals surface area contributed by atoms with Gasteiger partial charge in [0.25, 0.3) is 0 Å². The molecule has 1 rings (SSSR count). The lowest BCUT2D eigenvalue weighted by Gasteiger charge is -2.37. The number of nitrogens with one attached hydrogen (secondary N) is 1. The third-order valence-corrected chi connectivity index (χ3v) is 3.53. The second-order valence-corrected chi connectivity index (χ2v) is 4.74. The van der Waals surface area contributed by atoms with Crippen molar-refractivity contribution in [2.24, 2.45) is 5.92 Å². The molecule has 96 valence electrons. The molecule has 1 fully saturated rings. The lowest BCUT2D eigenvalue weighted by Crippen LogP contribution is -2.49. The van der Waals surface area contributed by atoms with Crippen molar-refractivity contribution in [3.05, 3.63) is 0 Å². The summed E-state index contributed by atoms with van der Waals surface area (Å²) >= 11 is 0. The minimum absolute atomic E-state index is 0.383. The maximum absolute atomic E-state index is 5.52. The molecule has 0 bridgehead atoms. The molecule has 3 atom stereocenters. The molecule has 0 saturated carbocycles. The fourth-order valence-electron chi connectivity index (χ4n) is 2.31. The van der Waals surface area contributed by atoms with E-state index in [1.165, 1.54) is 13.0 Å². The quantitative estimate of drug-likeness (QED) is 0.723. The number of likely N-dealkylation sites (tertiary alicyclic amines) is 1. The van der Waals surface area contributed by atoms with Crippen LogP contribution in [0.25, 0.3) is 0 Å². The van der Waals surface area contributed by atoms with E-state index in [0.717, 1.165) is 19.7 Å². The van der Waals surface area contributed by atoms with Crippen molar-refractivity contribution >= 4 is 0 Å². The molecule has 3 unspecified atom stereocenters. The Morgan fingerprint density at radius 3 is 2.75 bits per heavy atom. The number of rotatable bonds is 6. The van der Waals surface area contributed by atoms with Crippen molar-refractivity contribution < 1.29 is 9.47 Å². The summed E-state index contributed by atoms with van der Waals surface area (Å²) in [6, 6.07) is 0.413. The van der Waals surface area contributed by atoms with Gasteiger partial charge in [-0.2, -0.15) is 0 Å². The second-order valence-electron chi connectivity index (χ2n) is 4.74. The average Bonchev–Trinajstić information content (AvgIpc) is 2.30. The predicted octanol–water partition coefficient (Wildman–Crippen LogP) is 0.578. The summed E-state index contributed by atoms with van der Waals surface area (Å²) in [5.41, 5.74) is 0. The third-order valence-electron chi connectivity index (χ3n) is 3.53. The molecule has 4 nitrogen and oxygen atoms in total. The van der Waals surface area contributed by atoms with E-state index in [4.69, 9.17) is 9.47 Å². The number of ether oxygens (including phenoxy) is 2. The highest BCUT2D eigenvalue weighted by Crippen LogP contribution is 2.19. The topological polar surface area (TPSA) is 33.7 Å². The van der Waals surface area contributed by atoms with Gasteiger partial charge in [-0.05, 0) is 25.9 Å². The predicted molar refractivity (Wildman–Crippen MR) is 65.7 cm³/mol. The van der Waals surface area contributed by atoms with Gasteiger partial charge in [0.2, 0.25) is 0 Å². The molecular weight excluding hydrogens is 204 g/mol. The van der Waals surface area contributed by atoms with Crippen LogP contribution in [0.4, 0.5) is 0 Å². The molecule has 1 saturated heterocycles. The standard InChI is InChI=1S/C12H26N2O2/c1-10-5-6-14(8-12(10)16-4)7-11(13-2)9-15-3/h10-13H,5-9H2,1-4H3. The van der Waals surface area contributed by atoms with Crippen LogP contribution in [-0.4, -0.2) is 64.6 Å². The zero-order valence-corrected chi connectivity index (χ0v) is 11.0. The van der Waals surface area contributed by atoms with E-state index < -0.39 is 0 Å². The van der Waals surface area contributed by atoms with E-state index in [1.807, 2.05) is 14.2 Å².